The minimum Gasteiger partial charge on any atom is -0.493 e. The van der Waals surface area contributed by atoms with Gasteiger partial charge in [-0.15, -0.1) is 23.1 Å². The van der Waals surface area contributed by atoms with Crippen LogP contribution in [0.1, 0.15) is 45.7 Å². The van der Waals surface area contributed by atoms with Crippen molar-refractivity contribution in [3.05, 3.63) is 124 Å². The molecular weight excluding hydrogens is 739 g/mol. The zero-order valence-corrected chi connectivity index (χ0v) is 32.8. The van der Waals surface area contributed by atoms with Crippen molar-refractivity contribution in [2.45, 2.75) is 30.9 Å². The van der Waals surface area contributed by atoms with Crippen molar-refractivity contribution in [3.8, 4) is 28.4 Å². The van der Waals surface area contributed by atoms with Crippen LogP contribution in [-0.4, -0.2) is 56.9 Å². The quantitative estimate of drug-likeness (QED) is 0.0542. The lowest BCUT2D eigenvalue weighted by Gasteiger charge is -2.15. The fourth-order valence-electron chi connectivity index (χ4n) is 5.41. The van der Waals surface area contributed by atoms with Crippen LogP contribution in [0.15, 0.2) is 107 Å². The Kier molecular flexibility index (Phi) is 13.7. The maximum absolute atomic E-state index is 13.8. The van der Waals surface area contributed by atoms with Gasteiger partial charge in [0.05, 0.1) is 33.2 Å². The fraction of sp³-hybridized carbons (Fsp3) is 0.190. The van der Waals surface area contributed by atoms with Crippen LogP contribution >= 0.6 is 23.1 Å². The molecule has 0 saturated carbocycles. The molecule has 4 aromatic carbocycles. The number of aryl methyl sites for hydroxylation is 1. The average molecular weight is 780 g/mol. The zero-order valence-electron chi connectivity index (χ0n) is 31.2. The van der Waals surface area contributed by atoms with Crippen LogP contribution in [0, 0.1) is 6.92 Å². The lowest BCUT2D eigenvalue weighted by atomic mass is 10.0. The van der Waals surface area contributed by atoms with Gasteiger partial charge in [-0.2, -0.15) is 0 Å². The van der Waals surface area contributed by atoms with Crippen LogP contribution in [-0.2, 0) is 14.3 Å². The number of rotatable bonds is 15. The highest BCUT2D eigenvalue weighted by molar-refractivity contribution is 8.00. The molecule has 1 unspecified atom stereocenters. The number of nitrogens with one attached hydrogen (secondary N) is 3. The first kappa shape index (κ1) is 40.1. The Hall–Kier alpha value is -6.05. The molecular formula is C42H41N3O8S2. The largest absolute Gasteiger partial charge is 0.493 e. The normalized spacial score (nSPS) is 11.6. The molecule has 0 saturated heterocycles. The summed E-state index contributed by atoms with van der Waals surface area (Å²) in [6.45, 7) is 5.66. The van der Waals surface area contributed by atoms with Crippen molar-refractivity contribution in [2.75, 3.05) is 38.6 Å². The molecule has 0 aliphatic rings. The molecule has 3 N–H and O–H groups in total. The molecule has 1 aromatic heterocycles. The van der Waals surface area contributed by atoms with Gasteiger partial charge in [0.1, 0.15) is 16.3 Å². The van der Waals surface area contributed by atoms with Gasteiger partial charge < -0.3 is 34.9 Å². The number of thiophene rings is 1. The minimum atomic E-state index is -0.598. The van der Waals surface area contributed by atoms with Crippen LogP contribution < -0.4 is 30.2 Å². The number of ether oxygens (including phenoxy) is 4. The van der Waals surface area contributed by atoms with E-state index in [0.717, 1.165) is 11.1 Å². The third-order valence-electron chi connectivity index (χ3n) is 8.17. The van der Waals surface area contributed by atoms with Crippen molar-refractivity contribution in [1.82, 2.24) is 5.32 Å². The number of hydrogen-bond acceptors (Lipinski definition) is 10. The van der Waals surface area contributed by atoms with E-state index in [9.17, 15) is 19.2 Å². The molecule has 13 heteroatoms. The number of esters is 1. The third kappa shape index (κ3) is 10.1. The van der Waals surface area contributed by atoms with E-state index in [-0.39, 0.29) is 18.2 Å². The maximum atomic E-state index is 13.8. The first-order valence-electron chi connectivity index (χ1n) is 17.2. The van der Waals surface area contributed by atoms with Crippen molar-refractivity contribution >= 4 is 63.6 Å². The first-order valence-corrected chi connectivity index (χ1v) is 18.9. The smallest absolute Gasteiger partial charge is 0.341 e. The SMILES string of the molecule is CCOC(=O)c1c(-c2ccc(C)cc2)csc1NC(=O)C(C)Sc1cccc(NC(=O)/C(=C\c2cc(OC)c(OC)c(OC)c2)NC(=O)c2ccccc2)c1. The highest BCUT2D eigenvalue weighted by Gasteiger charge is 2.25. The summed E-state index contributed by atoms with van der Waals surface area (Å²) >= 11 is 2.53. The summed E-state index contributed by atoms with van der Waals surface area (Å²) < 4.78 is 21.7. The van der Waals surface area contributed by atoms with Gasteiger partial charge in [0.25, 0.3) is 11.8 Å². The molecule has 11 nitrogen and oxygen atoms in total. The second-order valence-corrected chi connectivity index (χ2v) is 14.3. The minimum absolute atomic E-state index is 0.0488. The summed E-state index contributed by atoms with van der Waals surface area (Å²) in [5.41, 5.74) is 4.15. The standard InChI is InChI=1S/C42H41N3O8S2/c1-7-53-42(49)36-32(28-18-16-25(2)17-19-28)24-54-41(36)45-38(46)26(3)55-31-15-11-14-30(23-31)43-40(48)33(44-39(47)29-12-9-8-10-13-29)20-27-21-34(50-4)37(52-6)35(22-27)51-5/h8-24,26H,7H2,1-6H3,(H,43,48)(H,44,47)(H,45,46)/b33-20+. The van der Waals surface area contributed by atoms with Gasteiger partial charge in [-0.1, -0.05) is 54.1 Å². The fourth-order valence-corrected chi connectivity index (χ4v) is 7.30. The molecule has 3 amide bonds. The molecule has 0 aliphatic carbocycles. The summed E-state index contributed by atoms with van der Waals surface area (Å²) in [6, 6.07) is 26.6. The van der Waals surface area contributed by atoms with Crippen molar-refractivity contribution in [3.63, 3.8) is 0 Å². The summed E-state index contributed by atoms with van der Waals surface area (Å²) in [6.07, 6.45) is 1.50. The van der Waals surface area contributed by atoms with E-state index in [2.05, 4.69) is 16.0 Å². The van der Waals surface area contributed by atoms with E-state index in [1.165, 1.54) is 50.5 Å². The predicted octanol–water partition coefficient (Wildman–Crippen LogP) is 8.45. The van der Waals surface area contributed by atoms with Crippen LogP contribution in [0.4, 0.5) is 10.7 Å². The summed E-state index contributed by atoms with van der Waals surface area (Å²) in [5.74, 6) is -0.805. The molecule has 0 fully saturated rings. The van der Waals surface area contributed by atoms with Gasteiger partial charge in [0.2, 0.25) is 11.7 Å². The molecule has 5 rings (SSSR count). The molecule has 284 valence electrons. The van der Waals surface area contributed by atoms with Gasteiger partial charge >= 0.3 is 5.97 Å². The van der Waals surface area contributed by atoms with E-state index >= 15 is 0 Å². The molecule has 0 aliphatic heterocycles. The third-order valence-corrected chi connectivity index (χ3v) is 10.2. The Labute approximate surface area is 328 Å². The van der Waals surface area contributed by atoms with Crippen LogP contribution in [0.5, 0.6) is 17.2 Å². The zero-order chi connectivity index (χ0) is 39.5. The summed E-state index contributed by atoms with van der Waals surface area (Å²) in [7, 11) is 4.45. The Bertz CT molecular complexity index is 2180. The maximum Gasteiger partial charge on any atom is 0.341 e. The highest BCUT2D eigenvalue weighted by Crippen LogP contribution is 2.39. The van der Waals surface area contributed by atoms with E-state index in [4.69, 9.17) is 18.9 Å². The van der Waals surface area contributed by atoms with E-state index in [0.29, 0.717) is 55.1 Å². The number of carbonyl (C=O) groups is 4. The highest BCUT2D eigenvalue weighted by atomic mass is 32.2. The van der Waals surface area contributed by atoms with Crippen LogP contribution in [0.3, 0.4) is 0 Å². The van der Waals surface area contributed by atoms with Gasteiger partial charge in [0, 0.05) is 27.1 Å². The first-order chi connectivity index (χ1) is 26.5. The second kappa shape index (κ2) is 18.8. The molecule has 55 heavy (non-hydrogen) atoms. The predicted molar refractivity (Wildman–Crippen MR) is 217 cm³/mol. The number of carbonyl (C=O) groups excluding carboxylic acids is 4. The number of hydrogen-bond donors (Lipinski definition) is 3. The van der Waals surface area contributed by atoms with Crippen LogP contribution in [0.25, 0.3) is 17.2 Å². The topological polar surface area (TPSA) is 141 Å². The molecule has 0 spiro atoms. The number of amides is 3. The van der Waals surface area contributed by atoms with Gasteiger partial charge in [0.15, 0.2) is 11.5 Å². The number of benzene rings is 4. The van der Waals surface area contributed by atoms with E-state index < -0.39 is 23.0 Å². The monoisotopic (exact) mass is 779 g/mol. The Morgan fingerprint density at radius 1 is 0.836 bits per heavy atom. The van der Waals surface area contributed by atoms with Gasteiger partial charge in [-0.3, -0.25) is 14.4 Å². The summed E-state index contributed by atoms with van der Waals surface area (Å²) in [4.78, 5) is 54.3. The lowest BCUT2D eigenvalue weighted by Crippen LogP contribution is -2.30. The van der Waals surface area contributed by atoms with Crippen molar-refractivity contribution in [2.24, 2.45) is 0 Å². The van der Waals surface area contributed by atoms with E-state index in [1.54, 1.807) is 74.5 Å². The Morgan fingerprint density at radius 2 is 1.53 bits per heavy atom. The Balaban J connectivity index is 1.35. The number of methoxy groups -OCH3 is 3. The van der Waals surface area contributed by atoms with Crippen molar-refractivity contribution < 1.29 is 38.1 Å². The van der Waals surface area contributed by atoms with E-state index in [1.807, 2.05) is 42.6 Å². The van der Waals surface area contributed by atoms with Gasteiger partial charge in [-0.05, 0) is 80.4 Å². The second-order valence-electron chi connectivity index (χ2n) is 12.0. The summed E-state index contributed by atoms with van der Waals surface area (Å²) in [5, 5.41) is 10.2. The number of thioether (sulfide) groups is 1. The molecule has 1 atom stereocenters. The molecule has 5 aromatic rings. The lowest BCUT2D eigenvalue weighted by molar-refractivity contribution is -0.115. The van der Waals surface area contributed by atoms with Crippen LogP contribution in [0.2, 0.25) is 0 Å². The molecule has 0 bridgehead atoms. The van der Waals surface area contributed by atoms with Gasteiger partial charge in [-0.25, -0.2) is 4.79 Å². The molecule has 0 radical (unpaired) electrons. The van der Waals surface area contributed by atoms with Crippen molar-refractivity contribution in [1.29, 1.82) is 0 Å². The molecule has 1 heterocycles. The average Bonchev–Trinajstić information content (AvgIpc) is 3.61. The number of anilines is 2. The Morgan fingerprint density at radius 3 is 2.16 bits per heavy atom.